The van der Waals surface area contributed by atoms with Gasteiger partial charge in [-0.15, -0.1) is 0 Å². The SMILES string of the molecule is CC(C)c1cc2c(N3CCCC3CBr)nccn2n1. The van der Waals surface area contributed by atoms with Gasteiger partial charge in [0.15, 0.2) is 5.82 Å². The molecule has 4 nitrogen and oxygen atoms in total. The highest BCUT2D eigenvalue weighted by molar-refractivity contribution is 9.09. The molecule has 0 radical (unpaired) electrons. The van der Waals surface area contributed by atoms with Gasteiger partial charge in [0.25, 0.3) is 0 Å². The summed E-state index contributed by atoms with van der Waals surface area (Å²) in [6.07, 6.45) is 6.26. The summed E-state index contributed by atoms with van der Waals surface area (Å²) in [7, 11) is 0. The maximum Gasteiger partial charge on any atom is 0.154 e. The van der Waals surface area contributed by atoms with Crippen molar-refractivity contribution in [3.63, 3.8) is 0 Å². The summed E-state index contributed by atoms with van der Waals surface area (Å²) >= 11 is 3.61. The Labute approximate surface area is 121 Å². The van der Waals surface area contributed by atoms with Crippen molar-refractivity contribution in [2.45, 2.75) is 38.6 Å². The Bertz CT molecular complexity index is 578. The van der Waals surface area contributed by atoms with Crippen LogP contribution in [0.25, 0.3) is 5.52 Å². The van der Waals surface area contributed by atoms with Crippen LogP contribution in [0.4, 0.5) is 5.82 Å². The normalized spacial score (nSPS) is 19.8. The highest BCUT2D eigenvalue weighted by Gasteiger charge is 2.26. The molecule has 3 rings (SSSR count). The van der Waals surface area contributed by atoms with E-state index < -0.39 is 0 Å². The van der Waals surface area contributed by atoms with Crippen molar-refractivity contribution in [2.75, 3.05) is 16.8 Å². The fourth-order valence-corrected chi connectivity index (χ4v) is 3.38. The molecule has 1 unspecified atom stereocenters. The fourth-order valence-electron chi connectivity index (χ4n) is 2.71. The zero-order valence-corrected chi connectivity index (χ0v) is 13.0. The van der Waals surface area contributed by atoms with Gasteiger partial charge in [0.05, 0.1) is 5.69 Å². The number of anilines is 1. The van der Waals surface area contributed by atoms with E-state index in [0.29, 0.717) is 12.0 Å². The van der Waals surface area contributed by atoms with Gasteiger partial charge in [-0.3, -0.25) is 0 Å². The van der Waals surface area contributed by atoms with Crippen LogP contribution in [-0.2, 0) is 0 Å². The van der Waals surface area contributed by atoms with Crippen LogP contribution in [0.15, 0.2) is 18.5 Å². The molecule has 102 valence electrons. The molecule has 1 saturated heterocycles. The first kappa shape index (κ1) is 12.9. The Morgan fingerprint density at radius 2 is 2.32 bits per heavy atom. The predicted molar refractivity (Wildman–Crippen MR) is 81.2 cm³/mol. The van der Waals surface area contributed by atoms with Gasteiger partial charge in [-0.25, -0.2) is 9.50 Å². The molecule has 1 aliphatic rings. The molecule has 1 atom stereocenters. The van der Waals surface area contributed by atoms with Gasteiger partial charge in [0.2, 0.25) is 0 Å². The number of rotatable bonds is 3. The second-order valence-corrected chi connectivity index (χ2v) is 6.10. The fraction of sp³-hybridized carbons (Fsp3) is 0.571. The summed E-state index contributed by atoms with van der Waals surface area (Å²) in [5.41, 5.74) is 2.25. The quantitative estimate of drug-likeness (QED) is 0.813. The Balaban J connectivity index is 2.08. The predicted octanol–water partition coefficient (Wildman–Crippen LogP) is 3.22. The van der Waals surface area contributed by atoms with Crippen LogP contribution in [0.1, 0.15) is 38.3 Å². The van der Waals surface area contributed by atoms with E-state index in [1.807, 2.05) is 16.9 Å². The molecular formula is C14H19BrN4. The summed E-state index contributed by atoms with van der Waals surface area (Å²) in [6.45, 7) is 5.43. The Hall–Kier alpha value is -1.10. The smallest absolute Gasteiger partial charge is 0.154 e. The average Bonchev–Trinajstić information content (AvgIpc) is 3.04. The second kappa shape index (κ2) is 5.12. The van der Waals surface area contributed by atoms with Crippen LogP contribution in [0.3, 0.4) is 0 Å². The zero-order chi connectivity index (χ0) is 13.4. The summed E-state index contributed by atoms with van der Waals surface area (Å²) in [5, 5.41) is 5.63. The Morgan fingerprint density at radius 1 is 1.47 bits per heavy atom. The monoisotopic (exact) mass is 322 g/mol. The molecule has 5 heteroatoms. The molecule has 0 saturated carbocycles. The standard InChI is InChI=1S/C14H19BrN4/c1-10(2)12-8-13-14(16-5-7-19(13)17-12)18-6-3-4-11(18)9-15/h5,7-8,10-11H,3-4,6,9H2,1-2H3. The molecule has 0 bridgehead atoms. The molecule has 2 aromatic heterocycles. The van der Waals surface area contributed by atoms with Crippen molar-refractivity contribution < 1.29 is 0 Å². The van der Waals surface area contributed by atoms with E-state index in [1.165, 1.54) is 12.8 Å². The molecule has 2 aromatic rings. The number of alkyl halides is 1. The van der Waals surface area contributed by atoms with E-state index in [2.05, 4.69) is 50.8 Å². The van der Waals surface area contributed by atoms with Gasteiger partial charge in [-0.1, -0.05) is 29.8 Å². The Morgan fingerprint density at radius 3 is 3.05 bits per heavy atom. The van der Waals surface area contributed by atoms with E-state index in [1.54, 1.807) is 0 Å². The lowest BCUT2D eigenvalue weighted by atomic mass is 10.1. The van der Waals surface area contributed by atoms with Gasteiger partial charge >= 0.3 is 0 Å². The molecule has 0 aromatic carbocycles. The lowest BCUT2D eigenvalue weighted by Crippen LogP contribution is -2.31. The van der Waals surface area contributed by atoms with Crippen LogP contribution in [-0.4, -0.2) is 32.5 Å². The van der Waals surface area contributed by atoms with Gasteiger partial charge in [-0.2, -0.15) is 5.10 Å². The Kier molecular flexibility index (Phi) is 3.48. The summed E-state index contributed by atoms with van der Waals surface area (Å²) < 4.78 is 1.96. The molecule has 1 aliphatic heterocycles. The van der Waals surface area contributed by atoms with Crippen LogP contribution >= 0.6 is 15.9 Å². The minimum Gasteiger partial charge on any atom is -0.351 e. The topological polar surface area (TPSA) is 33.4 Å². The highest BCUT2D eigenvalue weighted by atomic mass is 79.9. The zero-order valence-electron chi connectivity index (χ0n) is 11.4. The van der Waals surface area contributed by atoms with Gasteiger partial charge in [-0.05, 0) is 24.8 Å². The largest absolute Gasteiger partial charge is 0.351 e. The van der Waals surface area contributed by atoms with Crippen molar-refractivity contribution in [2.24, 2.45) is 0 Å². The van der Waals surface area contributed by atoms with Crippen LogP contribution in [0.2, 0.25) is 0 Å². The molecule has 0 aliphatic carbocycles. The van der Waals surface area contributed by atoms with E-state index >= 15 is 0 Å². The molecule has 1 fully saturated rings. The van der Waals surface area contributed by atoms with Crippen molar-refractivity contribution >= 4 is 27.3 Å². The van der Waals surface area contributed by atoms with E-state index in [0.717, 1.165) is 28.9 Å². The molecule has 0 amide bonds. The minimum absolute atomic E-state index is 0.443. The lowest BCUT2D eigenvalue weighted by Gasteiger charge is -2.24. The third kappa shape index (κ3) is 2.24. The van der Waals surface area contributed by atoms with Crippen LogP contribution in [0.5, 0.6) is 0 Å². The molecular weight excluding hydrogens is 304 g/mol. The van der Waals surface area contributed by atoms with E-state index in [4.69, 9.17) is 0 Å². The van der Waals surface area contributed by atoms with E-state index in [9.17, 15) is 0 Å². The summed E-state index contributed by atoms with van der Waals surface area (Å²) in [4.78, 5) is 7.02. The highest BCUT2D eigenvalue weighted by Crippen LogP contribution is 2.29. The van der Waals surface area contributed by atoms with Crippen molar-refractivity contribution in [1.82, 2.24) is 14.6 Å². The number of fused-ring (bicyclic) bond motifs is 1. The van der Waals surface area contributed by atoms with Crippen molar-refractivity contribution in [3.05, 3.63) is 24.2 Å². The maximum atomic E-state index is 4.63. The molecule has 19 heavy (non-hydrogen) atoms. The van der Waals surface area contributed by atoms with E-state index in [-0.39, 0.29) is 0 Å². The van der Waals surface area contributed by atoms with Crippen molar-refractivity contribution in [3.8, 4) is 0 Å². The van der Waals surface area contributed by atoms with Gasteiger partial charge in [0, 0.05) is 30.3 Å². The third-order valence-electron chi connectivity index (χ3n) is 3.81. The molecule has 3 heterocycles. The number of nitrogens with zero attached hydrogens (tertiary/aromatic N) is 4. The molecule has 0 spiro atoms. The van der Waals surface area contributed by atoms with Gasteiger partial charge < -0.3 is 4.90 Å². The van der Waals surface area contributed by atoms with Crippen molar-refractivity contribution in [1.29, 1.82) is 0 Å². The summed E-state index contributed by atoms with van der Waals surface area (Å²) in [5.74, 6) is 1.52. The lowest BCUT2D eigenvalue weighted by molar-refractivity contribution is 0.739. The first-order valence-corrected chi connectivity index (χ1v) is 7.99. The second-order valence-electron chi connectivity index (χ2n) is 5.45. The number of hydrogen-bond donors (Lipinski definition) is 0. The van der Waals surface area contributed by atoms with Gasteiger partial charge in [0.1, 0.15) is 5.52 Å². The minimum atomic E-state index is 0.443. The van der Waals surface area contributed by atoms with Crippen LogP contribution < -0.4 is 4.90 Å². The number of aromatic nitrogens is 3. The first-order chi connectivity index (χ1) is 9.20. The maximum absolute atomic E-state index is 4.63. The number of halogens is 1. The average molecular weight is 323 g/mol. The first-order valence-electron chi connectivity index (χ1n) is 6.87. The molecule has 0 N–H and O–H groups in total. The summed E-state index contributed by atoms with van der Waals surface area (Å²) in [6, 6.07) is 2.73. The third-order valence-corrected chi connectivity index (χ3v) is 4.55. The van der Waals surface area contributed by atoms with Crippen LogP contribution in [0, 0.1) is 0 Å². The number of hydrogen-bond acceptors (Lipinski definition) is 3.